The Morgan fingerprint density at radius 2 is 2.18 bits per heavy atom. The van der Waals surface area contributed by atoms with Crippen molar-refractivity contribution in [1.82, 2.24) is 4.98 Å². The van der Waals surface area contributed by atoms with Gasteiger partial charge in [-0.15, -0.1) is 0 Å². The summed E-state index contributed by atoms with van der Waals surface area (Å²) < 4.78 is 37.3. The van der Waals surface area contributed by atoms with Crippen molar-refractivity contribution in [2.75, 3.05) is 23.9 Å². The second kappa shape index (κ2) is 6.14. The van der Waals surface area contributed by atoms with Crippen molar-refractivity contribution in [3.8, 4) is 0 Å². The predicted octanol–water partition coefficient (Wildman–Crippen LogP) is 3.51. The molecule has 0 saturated carbocycles. The van der Waals surface area contributed by atoms with Crippen molar-refractivity contribution in [2.24, 2.45) is 5.92 Å². The highest BCUT2D eigenvalue weighted by molar-refractivity contribution is 7.98. The average molecular weight is 264 g/mol. The van der Waals surface area contributed by atoms with Gasteiger partial charge in [0.25, 0.3) is 0 Å². The molecule has 1 N–H and O–H groups in total. The SMILES string of the molecule is CSCC(C)CNc1cc(C(F)(F)F)ccn1. The molecule has 1 aromatic rings. The number of hydrogen-bond acceptors (Lipinski definition) is 3. The first-order valence-corrected chi connectivity index (χ1v) is 6.59. The molecule has 0 aliphatic rings. The molecule has 0 aliphatic heterocycles. The topological polar surface area (TPSA) is 24.9 Å². The highest BCUT2D eigenvalue weighted by Gasteiger charge is 2.30. The molecular weight excluding hydrogens is 249 g/mol. The molecule has 96 valence electrons. The minimum absolute atomic E-state index is 0.271. The molecule has 0 aromatic carbocycles. The van der Waals surface area contributed by atoms with Gasteiger partial charge in [0.15, 0.2) is 0 Å². The van der Waals surface area contributed by atoms with Crippen LogP contribution < -0.4 is 5.32 Å². The lowest BCUT2D eigenvalue weighted by Crippen LogP contribution is -2.15. The molecular formula is C11H15F3N2S. The van der Waals surface area contributed by atoms with Gasteiger partial charge >= 0.3 is 6.18 Å². The van der Waals surface area contributed by atoms with Gasteiger partial charge in [-0.1, -0.05) is 6.92 Å². The number of alkyl halides is 3. The first kappa shape index (κ1) is 14.2. The third kappa shape index (κ3) is 4.85. The molecule has 0 spiro atoms. The molecule has 1 atom stereocenters. The van der Waals surface area contributed by atoms with Crippen LogP contribution in [0.5, 0.6) is 0 Å². The summed E-state index contributed by atoms with van der Waals surface area (Å²) in [6.45, 7) is 2.66. The molecule has 1 unspecified atom stereocenters. The Kier molecular flexibility index (Phi) is 5.11. The molecule has 0 radical (unpaired) electrons. The summed E-state index contributed by atoms with van der Waals surface area (Å²) in [4.78, 5) is 3.87. The predicted molar refractivity (Wildman–Crippen MR) is 65.3 cm³/mol. The van der Waals surface area contributed by atoms with E-state index in [2.05, 4.69) is 10.3 Å². The maximum absolute atomic E-state index is 12.4. The zero-order chi connectivity index (χ0) is 12.9. The second-order valence-corrected chi connectivity index (χ2v) is 4.78. The average Bonchev–Trinajstić information content (AvgIpc) is 2.26. The third-order valence-electron chi connectivity index (χ3n) is 2.17. The van der Waals surface area contributed by atoms with Gasteiger partial charge in [-0.25, -0.2) is 4.98 Å². The van der Waals surface area contributed by atoms with Crippen molar-refractivity contribution >= 4 is 17.6 Å². The first-order valence-electron chi connectivity index (χ1n) is 5.19. The molecule has 0 bridgehead atoms. The van der Waals surface area contributed by atoms with E-state index >= 15 is 0 Å². The normalized spacial score (nSPS) is 13.5. The number of nitrogens with one attached hydrogen (secondary N) is 1. The lowest BCUT2D eigenvalue weighted by atomic mass is 10.2. The summed E-state index contributed by atoms with van der Waals surface area (Å²) in [7, 11) is 0. The zero-order valence-corrected chi connectivity index (χ0v) is 10.5. The maximum Gasteiger partial charge on any atom is 0.416 e. The summed E-state index contributed by atoms with van der Waals surface area (Å²) in [5.74, 6) is 1.63. The number of anilines is 1. The van der Waals surface area contributed by atoms with Gasteiger partial charge in [-0.3, -0.25) is 0 Å². The summed E-state index contributed by atoms with van der Waals surface area (Å²) in [6, 6.07) is 2.00. The van der Waals surface area contributed by atoms with Gasteiger partial charge in [0, 0.05) is 12.7 Å². The van der Waals surface area contributed by atoms with Crippen LogP contribution in [-0.2, 0) is 6.18 Å². The molecule has 1 rings (SSSR count). The highest BCUT2D eigenvalue weighted by atomic mass is 32.2. The van der Waals surface area contributed by atoms with Crippen LogP contribution in [0.2, 0.25) is 0 Å². The molecule has 0 fully saturated rings. The standard InChI is InChI=1S/C11H15F3N2S/c1-8(7-17-2)6-16-10-5-9(3-4-15-10)11(12,13)14/h3-5,8H,6-7H2,1-2H3,(H,15,16). The number of halogens is 3. The number of hydrogen-bond donors (Lipinski definition) is 1. The monoisotopic (exact) mass is 264 g/mol. The van der Waals surface area contributed by atoms with Crippen LogP contribution in [0, 0.1) is 5.92 Å². The van der Waals surface area contributed by atoms with E-state index in [0.717, 1.165) is 17.9 Å². The fraction of sp³-hybridized carbons (Fsp3) is 0.545. The van der Waals surface area contributed by atoms with Crippen LogP contribution in [0.25, 0.3) is 0 Å². The Bertz CT molecular complexity index is 355. The first-order chi connectivity index (χ1) is 7.93. The van der Waals surface area contributed by atoms with E-state index in [-0.39, 0.29) is 5.82 Å². The third-order valence-corrected chi connectivity index (χ3v) is 3.07. The molecule has 0 amide bonds. The van der Waals surface area contributed by atoms with Crippen LogP contribution in [0.3, 0.4) is 0 Å². The van der Waals surface area contributed by atoms with Gasteiger partial charge in [0.2, 0.25) is 0 Å². The molecule has 1 heterocycles. The van der Waals surface area contributed by atoms with Crippen molar-refractivity contribution in [1.29, 1.82) is 0 Å². The Hall–Kier alpha value is -0.910. The van der Waals surface area contributed by atoms with E-state index in [1.54, 1.807) is 11.8 Å². The lowest BCUT2D eigenvalue weighted by molar-refractivity contribution is -0.137. The van der Waals surface area contributed by atoms with Gasteiger partial charge in [0.05, 0.1) is 5.56 Å². The smallest absolute Gasteiger partial charge is 0.370 e. The van der Waals surface area contributed by atoms with E-state index < -0.39 is 11.7 Å². The lowest BCUT2D eigenvalue weighted by Gasteiger charge is -2.13. The van der Waals surface area contributed by atoms with Crippen molar-refractivity contribution in [3.63, 3.8) is 0 Å². The Morgan fingerprint density at radius 3 is 2.76 bits per heavy atom. The highest BCUT2D eigenvalue weighted by Crippen LogP contribution is 2.29. The van der Waals surface area contributed by atoms with Crippen LogP contribution in [-0.4, -0.2) is 23.5 Å². The number of rotatable bonds is 5. The van der Waals surface area contributed by atoms with Crippen LogP contribution in [0.4, 0.5) is 19.0 Å². The molecule has 17 heavy (non-hydrogen) atoms. The number of nitrogens with zero attached hydrogens (tertiary/aromatic N) is 1. The van der Waals surface area contributed by atoms with Crippen LogP contribution >= 0.6 is 11.8 Å². The zero-order valence-electron chi connectivity index (χ0n) is 9.71. The maximum atomic E-state index is 12.4. The fourth-order valence-corrected chi connectivity index (χ4v) is 2.01. The minimum Gasteiger partial charge on any atom is -0.370 e. The quantitative estimate of drug-likeness (QED) is 0.881. The van der Waals surface area contributed by atoms with Crippen molar-refractivity contribution in [2.45, 2.75) is 13.1 Å². The van der Waals surface area contributed by atoms with Crippen LogP contribution in [0.15, 0.2) is 18.3 Å². The van der Waals surface area contributed by atoms with Gasteiger partial charge in [-0.05, 0) is 30.1 Å². The fourth-order valence-electron chi connectivity index (χ4n) is 1.33. The largest absolute Gasteiger partial charge is 0.416 e. The number of pyridine rings is 1. The van der Waals surface area contributed by atoms with E-state index in [1.807, 2.05) is 13.2 Å². The van der Waals surface area contributed by atoms with E-state index in [0.29, 0.717) is 12.5 Å². The molecule has 0 saturated heterocycles. The van der Waals surface area contributed by atoms with E-state index in [1.165, 1.54) is 6.20 Å². The molecule has 0 aliphatic carbocycles. The number of aromatic nitrogens is 1. The minimum atomic E-state index is -4.32. The molecule has 6 heteroatoms. The van der Waals surface area contributed by atoms with Gasteiger partial charge in [-0.2, -0.15) is 24.9 Å². The summed E-state index contributed by atoms with van der Waals surface area (Å²) in [6.07, 6.45) is -1.15. The summed E-state index contributed by atoms with van der Waals surface area (Å²) in [5.41, 5.74) is -0.674. The molecule has 2 nitrogen and oxygen atoms in total. The Labute approximate surface area is 103 Å². The Morgan fingerprint density at radius 1 is 1.47 bits per heavy atom. The molecule has 1 aromatic heterocycles. The summed E-state index contributed by atoms with van der Waals surface area (Å²) >= 11 is 1.71. The van der Waals surface area contributed by atoms with Gasteiger partial charge in [0.1, 0.15) is 5.82 Å². The van der Waals surface area contributed by atoms with E-state index in [4.69, 9.17) is 0 Å². The summed E-state index contributed by atoms with van der Waals surface area (Å²) in [5, 5.41) is 2.92. The number of thioether (sulfide) groups is 1. The second-order valence-electron chi connectivity index (χ2n) is 3.87. The van der Waals surface area contributed by atoms with Crippen molar-refractivity contribution in [3.05, 3.63) is 23.9 Å². The van der Waals surface area contributed by atoms with Crippen molar-refractivity contribution < 1.29 is 13.2 Å². The Balaban J connectivity index is 2.60. The van der Waals surface area contributed by atoms with Crippen LogP contribution in [0.1, 0.15) is 12.5 Å². The van der Waals surface area contributed by atoms with Gasteiger partial charge < -0.3 is 5.32 Å². The van der Waals surface area contributed by atoms with E-state index in [9.17, 15) is 13.2 Å².